The van der Waals surface area contributed by atoms with Gasteiger partial charge >= 0.3 is 0 Å². The van der Waals surface area contributed by atoms with E-state index in [9.17, 15) is 0 Å². The number of hydrogen-bond donors (Lipinski definition) is 0. The largest absolute Gasteiger partial charge is 0.464 e. The number of rotatable bonds is 1. The third kappa shape index (κ3) is 2.47. The van der Waals surface area contributed by atoms with Crippen molar-refractivity contribution in [1.29, 1.82) is 0 Å². The summed E-state index contributed by atoms with van der Waals surface area (Å²) < 4.78 is 16.7. The normalized spacial score (nSPS) is 12.2. The van der Waals surface area contributed by atoms with Crippen molar-refractivity contribution >= 4 is 27.8 Å². The maximum absolute atomic E-state index is 6.20. The summed E-state index contributed by atoms with van der Waals surface area (Å²) in [6.07, 6.45) is 3.54. The molecule has 0 saturated heterocycles. The summed E-state index contributed by atoms with van der Waals surface area (Å²) >= 11 is 0. The highest BCUT2D eigenvalue weighted by Crippen LogP contribution is 2.49. The lowest BCUT2D eigenvalue weighted by atomic mass is 9.87. The van der Waals surface area contributed by atoms with Crippen LogP contribution in [0.15, 0.2) is 124 Å². The molecule has 1 aliphatic carbocycles. The zero-order valence-corrected chi connectivity index (χ0v) is 20.1. The SMILES string of the molecule is c1ccc2c(c1)-c1ccoc1-c1cc(-n3c4ccccc4n4c5ccccc5nc34)ccc1-c1ccoc1-2. The number of nitrogens with zero attached hydrogens (tertiary/aromatic N) is 3. The minimum atomic E-state index is 0.849. The molecule has 8 aromatic rings. The summed E-state index contributed by atoms with van der Waals surface area (Å²) in [6.45, 7) is 0. The molecule has 0 aliphatic heterocycles. The van der Waals surface area contributed by atoms with Gasteiger partial charge in [0.15, 0.2) is 0 Å². The molecule has 5 heteroatoms. The number of aromatic nitrogens is 3. The Balaban J connectivity index is 1.39. The van der Waals surface area contributed by atoms with Crippen LogP contribution in [0.2, 0.25) is 0 Å². The molecule has 0 spiro atoms. The van der Waals surface area contributed by atoms with E-state index in [1.54, 1.807) is 12.5 Å². The number of furan rings is 2. The standard InChI is InChI=1S/C33H19N3O2/c1-2-8-23-21(7-1)24-15-18-38-32(24)26-19-20(13-14-22(26)25-16-17-37-31(23)25)35-29-11-5-6-12-30(29)36-28-10-4-3-9-27(28)34-33(35)36/h1-19H. The van der Waals surface area contributed by atoms with Crippen LogP contribution in [0.3, 0.4) is 0 Å². The van der Waals surface area contributed by atoms with E-state index >= 15 is 0 Å². The van der Waals surface area contributed by atoms with Crippen LogP contribution in [0.5, 0.6) is 0 Å². The van der Waals surface area contributed by atoms with Gasteiger partial charge < -0.3 is 8.83 Å². The highest BCUT2D eigenvalue weighted by Gasteiger charge is 2.27. The van der Waals surface area contributed by atoms with Crippen molar-refractivity contribution in [3.8, 4) is 50.6 Å². The summed E-state index contributed by atoms with van der Waals surface area (Å²) in [6, 6.07) is 35.7. The molecule has 4 aromatic heterocycles. The molecule has 5 nitrogen and oxygen atoms in total. The maximum Gasteiger partial charge on any atom is 0.220 e. The van der Waals surface area contributed by atoms with E-state index < -0.39 is 0 Å². The van der Waals surface area contributed by atoms with Gasteiger partial charge in [-0.3, -0.25) is 8.97 Å². The second-order valence-electron chi connectivity index (χ2n) is 9.66. The summed E-state index contributed by atoms with van der Waals surface area (Å²) in [5, 5.41) is 0. The zero-order valence-electron chi connectivity index (χ0n) is 20.1. The minimum absolute atomic E-state index is 0.849. The molecule has 0 saturated carbocycles. The molecule has 0 unspecified atom stereocenters. The molecule has 0 fully saturated rings. The first-order valence-corrected chi connectivity index (χ1v) is 12.6. The molecular weight excluding hydrogens is 470 g/mol. The predicted octanol–water partition coefficient (Wildman–Crippen LogP) is 8.60. The highest BCUT2D eigenvalue weighted by molar-refractivity contribution is 6.01. The van der Waals surface area contributed by atoms with E-state index in [2.05, 4.69) is 87.8 Å². The van der Waals surface area contributed by atoms with Gasteiger partial charge in [-0.2, -0.15) is 0 Å². The van der Waals surface area contributed by atoms with Gasteiger partial charge in [0.2, 0.25) is 5.78 Å². The molecule has 9 rings (SSSR count). The minimum Gasteiger partial charge on any atom is -0.464 e. The van der Waals surface area contributed by atoms with E-state index in [0.717, 1.165) is 78.4 Å². The molecule has 0 N–H and O–H groups in total. The Labute approximate surface area is 216 Å². The van der Waals surface area contributed by atoms with Crippen LogP contribution in [-0.2, 0) is 0 Å². The van der Waals surface area contributed by atoms with Crippen molar-refractivity contribution in [2.45, 2.75) is 0 Å². The highest BCUT2D eigenvalue weighted by atomic mass is 16.3. The fourth-order valence-electron chi connectivity index (χ4n) is 6.08. The van der Waals surface area contributed by atoms with E-state index in [-0.39, 0.29) is 0 Å². The van der Waals surface area contributed by atoms with Gasteiger partial charge in [-0.15, -0.1) is 0 Å². The second-order valence-corrected chi connectivity index (χ2v) is 9.66. The third-order valence-corrected chi connectivity index (χ3v) is 7.70. The average Bonchev–Trinajstić information content (AvgIpc) is 3.75. The molecule has 0 amide bonds. The topological polar surface area (TPSA) is 48.5 Å². The third-order valence-electron chi connectivity index (χ3n) is 7.70. The Hall–Kier alpha value is -5.29. The first kappa shape index (κ1) is 19.8. The lowest BCUT2D eigenvalue weighted by Crippen LogP contribution is -1.98. The molecule has 4 aromatic carbocycles. The van der Waals surface area contributed by atoms with E-state index in [1.165, 1.54) is 0 Å². The smallest absolute Gasteiger partial charge is 0.220 e. The van der Waals surface area contributed by atoms with Crippen LogP contribution < -0.4 is 0 Å². The van der Waals surface area contributed by atoms with E-state index in [0.29, 0.717) is 0 Å². The van der Waals surface area contributed by atoms with Crippen molar-refractivity contribution < 1.29 is 8.83 Å². The fourth-order valence-corrected chi connectivity index (χ4v) is 6.08. The van der Waals surface area contributed by atoms with Gasteiger partial charge in [-0.25, -0.2) is 4.98 Å². The fraction of sp³-hybridized carbons (Fsp3) is 0. The number of hydrogen-bond acceptors (Lipinski definition) is 3. The Bertz CT molecular complexity index is 2200. The molecule has 0 bridgehead atoms. The first-order chi connectivity index (χ1) is 18.9. The number of fused-ring (bicyclic) bond motifs is 13. The molecule has 178 valence electrons. The van der Waals surface area contributed by atoms with Crippen molar-refractivity contribution in [2.75, 3.05) is 0 Å². The Kier molecular flexibility index (Phi) is 3.73. The number of para-hydroxylation sites is 4. The van der Waals surface area contributed by atoms with Gasteiger partial charge in [0, 0.05) is 27.9 Å². The number of imidazole rings is 2. The summed E-state index contributed by atoms with van der Waals surface area (Å²) in [5.41, 5.74) is 11.7. The summed E-state index contributed by atoms with van der Waals surface area (Å²) in [7, 11) is 0. The van der Waals surface area contributed by atoms with Crippen LogP contribution in [0, 0.1) is 0 Å². The van der Waals surface area contributed by atoms with E-state index in [1.807, 2.05) is 24.3 Å². The lowest BCUT2D eigenvalue weighted by Gasteiger charge is -2.18. The summed E-state index contributed by atoms with van der Waals surface area (Å²) in [4.78, 5) is 5.05. The van der Waals surface area contributed by atoms with Gasteiger partial charge in [0.25, 0.3) is 0 Å². The molecule has 38 heavy (non-hydrogen) atoms. The van der Waals surface area contributed by atoms with Crippen LogP contribution in [0.25, 0.3) is 78.4 Å². The molecule has 0 radical (unpaired) electrons. The van der Waals surface area contributed by atoms with Gasteiger partial charge in [-0.05, 0) is 59.7 Å². The van der Waals surface area contributed by atoms with Crippen LogP contribution in [-0.4, -0.2) is 14.0 Å². The molecule has 1 aliphatic rings. The van der Waals surface area contributed by atoms with Crippen molar-refractivity contribution in [2.24, 2.45) is 0 Å². The molecular formula is C33H19N3O2. The quantitative estimate of drug-likeness (QED) is 0.232. The molecule has 4 heterocycles. The lowest BCUT2D eigenvalue weighted by molar-refractivity contribution is 0.580. The number of benzene rings is 4. The van der Waals surface area contributed by atoms with Gasteiger partial charge in [0.05, 0.1) is 34.6 Å². The average molecular weight is 490 g/mol. The van der Waals surface area contributed by atoms with E-state index in [4.69, 9.17) is 13.8 Å². The van der Waals surface area contributed by atoms with Crippen molar-refractivity contribution in [3.05, 3.63) is 116 Å². The Morgan fingerprint density at radius 3 is 1.95 bits per heavy atom. The van der Waals surface area contributed by atoms with Crippen LogP contribution >= 0.6 is 0 Å². The van der Waals surface area contributed by atoms with Gasteiger partial charge in [-0.1, -0.05) is 54.6 Å². The molecule has 0 atom stereocenters. The summed E-state index contributed by atoms with van der Waals surface area (Å²) in [5.74, 6) is 2.60. The van der Waals surface area contributed by atoms with Crippen LogP contribution in [0.4, 0.5) is 0 Å². The van der Waals surface area contributed by atoms with Crippen molar-refractivity contribution in [3.63, 3.8) is 0 Å². The maximum atomic E-state index is 6.20. The first-order valence-electron chi connectivity index (χ1n) is 12.6. The zero-order chi connectivity index (χ0) is 24.8. The Morgan fingerprint density at radius 2 is 1.13 bits per heavy atom. The second kappa shape index (κ2) is 7.14. The Morgan fingerprint density at radius 1 is 0.500 bits per heavy atom. The van der Waals surface area contributed by atoms with Crippen LogP contribution in [0.1, 0.15) is 0 Å². The van der Waals surface area contributed by atoms with Crippen molar-refractivity contribution in [1.82, 2.24) is 14.0 Å². The van der Waals surface area contributed by atoms with Gasteiger partial charge in [0.1, 0.15) is 11.5 Å². The predicted molar refractivity (Wildman–Crippen MR) is 149 cm³/mol. The monoisotopic (exact) mass is 489 g/mol.